The van der Waals surface area contributed by atoms with Crippen molar-refractivity contribution in [2.45, 2.75) is 6.04 Å². The molecule has 17 heavy (non-hydrogen) atoms. The summed E-state index contributed by atoms with van der Waals surface area (Å²) in [6.45, 7) is -0.325. The highest BCUT2D eigenvalue weighted by molar-refractivity contribution is 5.94. The molecule has 94 valence electrons. The maximum Gasteiger partial charge on any atom is 0.257 e. The van der Waals surface area contributed by atoms with Crippen LogP contribution in [0.3, 0.4) is 0 Å². The van der Waals surface area contributed by atoms with Gasteiger partial charge in [-0.1, -0.05) is 6.07 Å². The van der Waals surface area contributed by atoms with Gasteiger partial charge < -0.3 is 15.2 Å². The van der Waals surface area contributed by atoms with Crippen LogP contribution in [0, 0.1) is 11.6 Å². The van der Waals surface area contributed by atoms with Crippen LogP contribution in [0.5, 0.6) is 0 Å². The van der Waals surface area contributed by atoms with E-state index in [2.05, 4.69) is 5.32 Å². The fourth-order valence-electron chi connectivity index (χ4n) is 1.31. The van der Waals surface area contributed by atoms with Crippen LogP contribution >= 0.6 is 0 Å². The number of aliphatic hydroxyl groups is 1. The molecule has 6 heteroatoms. The molecule has 0 saturated heterocycles. The molecule has 1 aromatic carbocycles. The Bertz CT molecular complexity index is 378. The topological polar surface area (TPSA) is 58.6 Å². The van der Waals surface area contributed by atoms with E-state index in [4.69, 9.17) is 9.84 Å². The highest BCUT2D eigenvalue weighted by atomic mass is 19.1. The van der Waals surface area contributed by atoms with E-state index < -0.39 is 29.1 Å². The first-order chi connectivity index (χ1) is 8.10. The molecule has 0 aromatic heterocycles. The van der Waals surface area contributed by atoms with Gasteiger partial charge in [-0.05, 0) is 12.1 Å². The molecular formula is C11H13F2NO3. The van der Waals surface area contributed by atoms with Crippen LogP contribution in [-0.2, 0) is 4.74 Å². The van der Waals surface area contributed by atoms with Crippen molar-refractivity contribution < 1.29 is 23.4 Å². The summed E-state index contributed by atoms with van der Waals surface area (Å²) >= 11 is 0. The zero-order valence-corrected chi connectivity index (χ0v) is 9.24. The Balaban J connectivity index is 2.82. The Morgan fingerprint density at radius 2 is 2.06 bits per heavy atom. The van der Waals surface area contributed by atoms with Crippen LogP contribution in [0.4, 0.5) is 8.78 Å². The standard InChI is InChI=1S/C11H13F2NO3/c1-17-6-7(5-15)14-11(16)10-8(12)3-2-4-9(10)13/h2-4,7,15H,5-6H2,1H3,(H,14,16). The first-order valence-electron chi connectivity index (χ1n) is 4.94. The number of hydrogen-bond donors (Lipinski definition) is 2. The summed E-state index contributed by atoms with van der Waals surface area (Å²) < 4.78 is 31.2. The van der Waals surface area contributed by atoms with Gasteiger partial charge in [-0.2, -0.15) is 0 Å². The van der Waals surface area contributed by atoms with Crippen molar-refractivity contribution in [1.82, 2.24) is 5.32 Å². The lowest BCUT2D eigenvalue weighted by atomic mass is 10.1. The molecule has 1 aromatic rings. The van der Waals surface area contributed by atoms with Gasteiger partial charge >= 0.3 is 0 Å². The summed E-state index contributed by atoms with van der Waals surface area (Å²) in [5.41, 5.74) is -0.665. The lowest BCUT2D eigenvalue weighted by Gasteiger charge is -2.15. The van der Waals surface area contributed by atoms with E-state index in [0.717, 1.165) is 12.1 Å². The maximum atomic E-state index is 13.2. The van der Waals surface area contributed by atoms with Gasteiger partial charge in [-0.3, -0.25) is 4.79 Å². The largest absolute Gasteiger partial charge is 0.394 e. The minimum atomic E-state index is -0.948. The Morgan fingerprint density at radius 1 is 1.47 bits per heavy atom. The fraction of sp³-hybridized carbons (Fsp3) is 0.364. The molecule has 0 radical (unpaired) electrons. The number of benzene rings is 1. The predicted octanol–water partition coefficient (Wildman–Crippen LogP) is 0.702. The maximum absolute atomic E-state index is 13.2. The van der Waals surface area contributed by atoms with Crippen molar-refractivity contribution in [3.8, 4) is 0 Å². The van der Waals surface area contributed by atoms with Crippen LogP contribution in [0.1, 0.15) is 10.4 Å². The quantitative estimate of drug-likeness (QED) is 0.803. The van der Waals surface area contributed by atoms with E-state index in [-0.39, 0.29) is 13.2 Å². The van der Waals surface area contributed by atoms with Crippen molar-refractivity contribution in [2.75, 3.05) is 20.3 Å². The van der Waals surface area contributed by atoms with Crippen molar-refractivity contribution >= 4 is 5.91 Å². The van der Waals surface area contributed by atoms with Gasteiger partial charge in [-0.25, -0.2) is 8.78 Å². The monoisotopic (exact) mass is 245 g/mol. The summed E-state index contributed by atoms with van der Waals surface area (Å²) in [5.74, 6) is -2.81. The Morgan fingerprint density at radius 3 is 2.53 bits per heavy atom. The molecule has 0 spiro atoms. The summed E-state index contributed by atoms with van der Waals surface area (Å²) in [7, 11) is 1.39. The highest BCUT2D eigenvalue weighted by Crippen LogP contribution is 2.11. The number of carbonyl (C=O) groups is 1. The molecule has 1 atom stereocenters. The van der Waals surface area contributed by atoms with Gasteiger partial charge in [0.15, 0.2) is 0 Å². The minimum Gasteiger partial charge on any atom is -0.394 e. The van der Waals surface area contributed by atoms with Crippen molar-refractivity contribution in [3.05, 3.63) is 35.4 Å². The number of nitrogens with one attached hydrogen (secondary N) is 1. The minimum absolute atomic E-state index is 0.0539. The molecular weight excluding hydrogens is 232 g/mol. The second-order valence-electron chi connectivity index (χ2n) is 3.40. The van der Waals surface area contributed by atoms with Crippen LogP contribution in [0.2, 0.25) is 0 Å². The summed E-state index contributed by atoms with van der Waals surface area (Å²) in [5, 5.41) is 11.2. The summed E-state index contributed by atoms with van der Waals surface area (Å²) in [6.07, 6.45) is 0. The number of ether oxygens (including phenoxy) is 1. The molecule has 0 saturated carbocycles. The molecule has 0 bridgehead atoms. The smallest absolute Gasteiger partial charge is 0.257 e. The molecule has 0 aliphatic heterocycles. The number of carbonyl (C=O) groups excluding carboxylic acids is 1. The summed E-state index contributed by atoms with van der Waals surface area (Å²) in [4.78, 5) is 11.6. The Hall–Kier alpha value is -1.53. The summed E-state index contributed by atoms with van der Waals surface area (Å²) in [6, 6.07) is 2.44. The normalized spacial score (nSPS) is 12.2. The number of hydrogen-bond acceptors (Lipinski definition) is 3. The lowest BCUT2D eigenvalue weighted by Crippen LogP contribution is -2.41. The van der Waals surface area contributed by atoms with E-state index in [9.17, 15) is 13.6 Å². The van der Waals surface area contributed by atoms with Crippen LogP contribution in [0.25, 0.3) is 0 Å². The average Bonchev–Trinajstić information content (AvgIpc) is 2.28. The second-order valence-corrected chi connectivity index (χ2v) is 3.40. The molecule has 2 N–H and O–H groups in total. The predicted molar refractivity (Wildman–Crippen MR) is 56.6 cm³/mol. The van der Waals surface area contributed by atoms with Crippen molar-refractivity contribution in [1.29, 1.82) is 0 Å². The van der Waals surface area contributed by atoms with Gasteiger partial charge in [0.25, 0.3) is 5.91 Å². The van der Waals surface area contributed by atoms with Gasteiger partial charge in [0.1, 0.15) is 17.2 Å². The zero-order valence-electron chi connectivity index (χ0n) is 9.24. The third kappa shape index (κ3) is 3.47. The molecule has 0 fully saturated rings. The van der Waals surface area contributed by atoms with E-state index in [1.165, 1.54) is 13.2 Å². The SMILES string of the molecule is COCC(CO)NC(=O)c1c(F)cccc1F. The first-order valence-corrected chi connectivity index (χ1v) is 4.94. The van der Waals surface area contributed by atoms with E-state index >= 15 is 0 Å². The third-order valence-corrected chi connectivity index (χ3v) is 2.11. The number of halogens is 2. The number of methoxy groups -OCH3 is 1. The van der Waals surface area contributed by atoms with Gasteiger partial charge in [0.05, 0.1) is 19.3 Å². The van der Waals surface area contributed by atoms with Crippen molar-refractivity contribution in [3.63, 3.8) is 0 Å². The second kappa shape index (κ2) is 6.27. The van der Waals surface area contributed by atoms with Gasteiger partial charge in [0.2, 0.25) is 0 Å². The molecule has 0 aliphatic carbocycles. The van der Waals surface area contributed by atoms with Crippen molar-refractivity contribution in [2.24, 2.45) is 0 Å². The van der Waals surface area contributed by atoms with E-state index in [1.54, 1.807) is 0 Å². The molecule has 1 amide bonds. The van der Waals surface area contributed by atoms with E-state index in [0.29, 0.717) is 0 Å². The van der Waals surface area contributed by atoms with Crippen LogP contribution in [0.15, 0.2) is 18.2 Å². The zero-order chi connectivity index (χ0) is 12.8. The molecule has 0 aliphatic rings. The van der Waals surface area contributed by atoms with Crippen LogP contribution < -0.4 is 5.32 Å². The van der Waals surface area contributed by atoms with Gasteiger partial charge in [-0.15, -0.1) is 0 Å². The lowest BCUT2D eigenvalue weighted by molar-refractivity contribution is 0.0832. The third-order valence-electron chi connectivity index (χ3n) is 2.11. The highest BCUT2D eigenvalue weighted by Gasteiger charge is 2.19. The molecule has 1 rings (SSSR count). The molecule has 0 heterocycles. The average molecular weight is 245 g/mol. The number of rotatable bonds is 5. The first kappa shape index (κ1) is 13.5. The Labute approximate surface area is 97.2 Å². The molecule has 4 nitrogen and oxygen atoms in total. The van der Waals surface area contributed by atoms with Gasteiger partial charge in [0, 0.05) is 7.11 Å². The Kier molecular flexibility index (Phi) is 4.99. The number of aliphatic hydroxyl groups excluding tert-OH is 1. The fourth-order valence-corrected chi connectivity index (χ4v) is 1.31. The van der Waals surface area contributed by atoms with E-state index in [1.807, 2.05) is 0 Å². The molecule has 1 unspecified atom stereocenters. The van der Waals surface area contributed by atoms with Crippen LogP contribution in [-0.4, -0.2) is 37.4 Å². The number of amides is 1.